The van der Waals surface area contributed by atoms with E-state index >= 15 is 0 Å². The van der Waals surface area contributed by atoms with Crippen molar-refractivity contribution in [2.75, 3.05) is 20.2 Å². The highest BCUT2D eigenvalue weighted by molar-refractivity contribution is 7.92. The molecule has 1 aromatic heterocycles. The first-order valence-electron chi connectivity index (χ1n) is 9.61. The summed E-state index contributed by atoms with van der Waals surface area (Å²) in [7, 11) is -0.340. The summed E-state index contributed by atoms with van der Waals surface area (Å²) in [6.45, 7) is 0.583. The van der Waals surface area contributed by atoms with Crippen LogP contribution in [0.5, 0.6) is 5.88 Å². The number of methoxy groups -OCH3 is 1. The molecule has 2 heterocycles. The molecular formula is C21H22FN3O4S. The predicted molar refractivity (Wildman–Crippen MR) is 110 cm³/mol. The summed E-state index contributed by atoms with van der Waals surface area (Å²) in [5, 5.41) is 4.44. The Kier molecular flexibility index (Phi) is 5.23. The first-order valence-corrected chi connectivity index (χ1v) is 11.2. The number of nitrogens with zero attached hydrogens (tertiary/aromatic N) is 3. The number of amides is 1. The molecule has 1 aliphatic heterocycles. The van der Waals surface area contributed by atoms with Crippen LogP contribution in [0, 0.1) is 5.82 Å². The Balaban J connectivity index is 1.58. The van der Waals surface area contributed by atoms with Gasteiger partial charge in [-0.2, -0.15) is 5.10 Å². The lowest BCUT2D eigenvalue weighted by molar-refractivity contribution is 0.0727. The maximum atomic E-state index is 13.2. The van der Waals surface area contributed by atoms with E-state index in [4.69, 9.17) is 4.74 Å². The monoisotopic (exact) mass is 431 g/mol. The van der Waals surface area contributed by atoms with Gasteiger partial charge in [0, 0.05) is 25.7 Å². The zero-order valence-electron chi connectivity index (χ0n) is 16.7. The van der Waals surface area contributed by atoms with E-state index in [0.717, 1.165) is 17.5 Å². The number of aromatic nitrogens is 2. The molecule has 1 atom stereocenters. The largest absolute Gasteiger partial charge is 0.481 e. The number of likely N-dealkylation sites (tertiary alicyclic amines) is 1. The Bertz CT molecular complexity index is 1200. The molecule has 0 radical (unpaired) electrons. The second-order valence-electron chi connectivity index (χ2n) is 7.38. The first-order chi connectivity index (χ1) is 14.3. The van der Waals surface area contributed by atoms with Gasteiger partial charge in [-0.1, -0.05) is 0 Å². The number of ether oxygens (including phenoxy) is 1. The zero-order valence-corrected chi connectivity index (χ0v) is 17.5. The molecule has 7 nitrogen and oxygen atoms in total. The molecule has 158 valence electrons. The van der Waals surface area contributed by atoms with Gasteiger partial charge in [-0.05, 0) is 55.3 Å². The number of piperidine rings is 1. The van der Waals surface area contributed by atoms with E-state index in [1.165, 1.54) is 12.1 Å². The number of halogens is 1. The number of aryl methyl sites for hydroxylation is 1. The van der Waals surface area contributed by atoms with Gasteiger partial charge in [-0.15, -0.1) is 0 Å². The molecule has 1 fully saturated rings. The standard InChI is InChI=1S/C21H22FN3O4S/c1-24-21(29-2)18-10-5-14(12-19(18)23-24)20(26)25-11-3-4-17(13-25)30(27,28)16-8-6-15(22)7-9-16/h5-10,12,17H,3-4,11,13H2,1-2H3/t17-/m0/s1. The van der Waals surface area contributed by atoms with Gasteiger partial charge < -0.3 is 9.64 Å². The van der Waals surface area contributed by atoms with Gasteiger partial charge in [0.25, 0.3) is 5.91 Å². The summed E-state index contributed by atoms with van der Waals surface area (Å²) in [4.78, 5) is 14.7. The van der Waals surface area contributed by atoms with Crippen molar-refractivity contribution >= 4 is 26.6 Å². The van der Waals surface area contributed by atoms with Crippen LogP contribution in [0.1, 0.15) is 23.2 Å². The third kappa shape index (κ3) is 3.54. The van der Waals surface area contributed by atoms with Crippen LogP contribution in [0.3, 0.4) is 0 Å². The molecule has 2 aromatic carbocycles. The Hall–Kier alpha value is -2.94. The van der Waals surface area contributed by atoms with Crippen molar-refractivity contribution in [1.82, 2.24) is 14.7 Å². The van der Waals surface area contributed by atoms with Crippen LogP contribution in [0.15, 0.2) is 47.4 Å². The molecule has 0 spiro atoms. The van der Waals surface area contributed by atoms with E-state index in [2.05, 4.69) is 5.10 Å². The van der Waals surface area contributed by atoms with E-state index in [1.54, 1.807) is 41.9 Å². The molecule has 0 N–H and O–H groups in total. The maximum Gasteiger partial charge on any atom is 0.253 e. The van der Waals surface area contributed by atoms with Crippen molar-refractivity contribution < 1.29 is 22.3 Å². The number of benzene rings is 2. The van der Waals surface area contributed by atoms with Crippen molar-refractivity contribution in [3.63, 3.8) is 0 Å². The lowest BCUT2D eigenvalue weighted by Crippen LogP contribution is -2.45. The summed E-state index contributed by atoms with van der Waals surface area (Å²) < 4.78 is 46.0. The maximum absolute atomic E-state index is 13.2. The molecule has 3 aromatic rings. The summed E-state index contributed by atoms with van der Waals surface area (Å²) in [6, 6.07) is 9.99. The van der Waals surface area contributed by atoms with Gasteiger partial charge in [-0.25, -0.2) is 17.5 Å². The quantitative estimate of drug-likeness (QED) is 0.594. The number of hydrogen-bond acceptors (Lipinski definition) is 5. The molecular weight excluding hydrogens is 409 g/mol. The van der Waals surface area contributed by atoms with Crippen LogP contribution < -0.4 is 4.74 Å². The van der Waals surface area contributed by atoms with Crippen LogP contribution >= 0.6 is 0 Å². The average Bonchev–Trinajstić information content (AvgIpc) is 3.07. The van der Waals surface area contributed by atoms with Crippen molar-refractivity contribution in [2.24, 2.45) is 7.05 Å². The highest BCUT2D eigenvalue weighted by atomic mass is 32.2. The van der Waals surface area contributed by atoms with E-state index in [0.29, 0.717) is 36.3 Å². The molecule has 4 rings (SSSR count). The Morgan fingerprint density at radius 3 is 2.63 bits per heavy atom. The third-order valence-electron chi connectivity index (χ3n) is 5.47. The highest BCUT2D eigenvalue weighted by Crippen LogP contribution is 2.28. The second-order valence-corrected chi connectivity index (χ2v) is 9.61. The van der Waals surface area contributed by atoms with Crippen molar-refractivity contribution in [1.29, 1.82) is 0 Å². The zero-order chi connectivity index (χ0) is 21.5. The lowest BCUT2D eigenvalue weighted by atomic mass is 10.1. The molecule has 0 saturated carbocycles. The minimum absolute atomic E-state index is 0.0743. The minimum atomic E-state index is -3.66. The number of sulfone groups is 1. The summed E-state index contributed by atoms with van der Waals surface area (Å²) in [5.74, 6) is -0.121. The van der Waals surface area contributed by atoms with Crippen molar-refractivity contribution in [3.8, 4) is 5.88 Å². The van der Waals surface area contributed by atoms with Crippen LogP contribution in [0.2, 0.25) is 0 Å². The van der Waals surface area contributed by atoms with E-state index in [-0.39, 0.29) is 17.3 Å². The van der Waals surface area contributed by atoms with Gasteiger partial charge in [-0.3, -0.25) is 4.79 Å². The summed E-state index contributed by atoms with van der Waals surface area (Å²) in [6.07, 6.45) is 1.04. The SMILES string of the molecule is COc1c2ccc(C(=O)N3CCC[C@H](S(=O)(=O)c4ccc(F)cc4)C3)cc2nn1C. The molecule has 1 aliphatic rings. The highest BCUT2D eigenvalue weighted by Gasteiger charge is 2.34. The van der Waals surface area contributed by atoms with Crippen molar-refractivity contribution in [3.05, 3.63) is 53.8 Å². The Labute approximate surface area is 174 Å². The van der Waals surface area contributed by atoms with Gasteiger partial charge in [0.15, 0.2) is 9.84 Å². The molecule has 0 aliphatic carbocycles. The van der Waals surface area contributed by atoms with Crippen LogP contribution in [0.4, 0.5) is 4.39 Å². The van der Waals surface area contributed by atoms with Crippen LogP contribution in [0.25, 0.3) is 10.9 Å². The number of hydrogen-bond donors (Lipinski definition) is 0. The van der Waals surface area contributed by atoms with Crippen molar-refractivity contribution in [2.45, 2.75) is 23.0 Å². The summed E-state index contributed by atoms with van der Waals surface area (Å²) >= 11 is 0. The summed E-state index contributed by atoms with van der Waals surface area (Å²) in [5.41, 5.74) is 1.08. The first kappa shape index (κ1) is 20.3. The molecule has 0 bridgehead atoms. The Morgan fingerprint density at radius 2 is 1.93 bits per heavy atom. The van der Waals surface area contributed by atoms with Gasteiger partial charge in [0.1, 0.15) is 5.82 Å². The van der Waals surface area contributed by atoms with Crippen LogP contribution in [-0.2, 0) is 16.9 Å². The molecule has 1 saturated heterocycles. The Morgan fingerprint density at radius 1 is 1.20 bits per heavy atom. The normalized spacial score (nSPS) is 17.3. The average molecular weight is 431 g/mol. The third-order valence-corrected chi connectivity index (χ3v) is 7.66. The van der Waals surface area contributed by atoms with Crippen LogP contribution in [-0.4, -0.2) is 54.5 Å². The predicted octanol–water partition coefficient (Wildman–Crippen LogP) is 2.80. The molecule has 30 heavy (non-hydrogen) atoms. The smallest absolute Gasteiger partial charge is 0.253 e. The van der Waals surface area contributed by atoms with Gasteiger partial charge in [0.2, 0.25) is 5.88 Å². The number of fused-ring (bicyclic) bond motifs is 1. The number of rotatable bonds is 4. The van der Waals surface area contributed by atoms with E-state index in [9.17, 15) is 17.6 Å². The van der Waals surface area contributed by atoms with Gasteiger partial charge >= 0.3 is 0 Å². The van der Waals surface area contributed by atoms with E-state index in [1.807, 2.05) is 0 Å². The molecule has 9 heteroatoms. The minimum Gasteiger partial charge on any atom is -0.481 e. The number of carbonyl (C=O) groups is 1. The molecule has 0 unspecified atom stereocenters. The topological polar surface area (TPSA) is 81.5 Å². The fourth-order valence-electron chi connectivity index (χ4n) is 3.93. The second kappa shape index (κ2) is 7.71. The number of carbonyl (C=O) groups excluding carboxylic acids is 1. The fourth-order valence-corrected chi connectivity index (χ4v) is 5.68. The van der Waals surface area contributed by atoms with Gasteiger partial charge in [0.05, 0.1) is 28.2 Å². The lowest BCUT2D eigenvalue weighted by Gasteiger charge is -2.32. The van der Waals surface area contributed by atoms with E-state index < -0.39 is 20.9 Å². The molecule has 1 amide bonds. The fraction of sp³-hybridized carbons (Fsp3) is 0.333.